The summed E-state index contributed by atoms with van der Waals surface area (Å²) in [6.45, 7) is 2.44. The van der Waals surface area contributed by atoms with E-state index in [0.29, 0.717) is 24.3 Å². The number of ether oxygens (including phenoxy) is 1. The second-order valence-electron chi connectivity index (χ2n) is 4.71. The Hall–Kier alpha value is -1.95. The van der Waals surface area contributed by atoms with Crippen LogP contribution in [0, 0.1) is 0 Å². The van der Waals surface area contributed by atoms with Gasteiger partial charge in [0, 0.05) is 39.1 Å². The second-order valence-corrected chi connectivity index (χ2v) is 4.71. The Morgan fingerprint density at radius 1 is 1.30 bits per heavy atom. The topological polar surface area (TPSA) is 71.5 Å². The lowest BCUT2D eigenvalue weighted by Crippen LogP contribution is -2.29. The molecule has 0 radical (unpaired) electrons. The highest BCUT2D eigenvalue weighted by Crippen LogP contribution is 2.13. The number of hydrogen-bond acceptors (Lipinski definition) is 4. The molecule has 0 atom stereocenters. The predicted octanol–water partition coefficient (Wildman–Crippen LogP) is 0.694. The highest BCUT2D eigenvalue weighted by molar-refractivity contribution is 5.99. The number of rotatable bonds is 5. The Morgan fingerprint density at radius 3 is 2.70 bits per heavy atom. The first-order valence-corrected chi connectivity index (χ1v) is 6.74. The van der Waals surface area contributed by atoms with Gasteiger partial charge >= 0.3 is 0 Å². The van der Waals surface area contributed by atoms with Crippen molar-refractivity contribution in [2.45, 2.75) is 12.8 Å². The number of pyridine rings is 1. The van der Waals surface area contributed by atoms with Crippen molar-refractivity contribution in [2.24, 2.45) is 0 Å². The smallest absolute Gasteiger partial charge is 0.255 e. The van der Waals surface area contributed by atoms with E-state index in [1.165, 1.54) is 12.4 Å². The Morgan fingerprint density at radius 2 is 2.00 bits per heavy atom. The van der Waals surface area contributed by atoms with E-state index in [1.807, 2.05) is 0 Å². The van der Waals surface area contributed by atoms with Gasteiger partial charge in [0.25, 0.3) is 11.8 Å². The van der Waals surface area contributed by atoms with Crippen molar-refractivity contribution in [3.8, 4) is 0 Å². The molecule has 6 heteroatoms. The fourth-order valence-corrected chi connectivity index (χ4v) is 2.15. The van der Waals surface area contributed by atoms with Crippen LogP contribution in [0.3, 0.4) is 0 Å². The fourth-order valence-electron chi connectivity index (χ4n) is 2.15. The summed E-state index contributed by atoms with van der Waals surface area (Å²) in [4.78, 5) is 29.9. The maximum absolute atomic E-state index is 12.2. The molecule has 0 aliphatic carbocycles. The Labute approximate surface area is 118 Å². The average Bonchev–Trinajstić information content (AvgIpc) is 3.01. The molecule has 1 aromatic heterocycles. The molecule has 108 valence electrons. The molecule has 0 unspecified atom stereocenters. The van der Waals surface area contributed by atoms with Crippen molar-refractivity contribution in [2.75, 3.05) is 33.4 Å². The molecule has 6 nitrogen and oxygen atoms in total. The molecule has 1 aromatic rings. The molecule has 0 saturated carbocycles. The molecule has 2 amide bonds. The number of carbonyl (C=O) groups excluding carboxylic acids is 2. The number of carbonyl (C=O) groups is 2. The van der Waals surface area contributed by atoms with Gasteiger partial charge in [-0.3, -0.25) is 14.6 Å². The lowest BCUT2D eigenvalue weighted by Gasteiger charge is -2.15. The van der Waals surface area contributed by atoms with Crippen LogP contribution in [0.1, 0.15) is 33.6 Å². The molecule has 0 bridgehead atoms. The first-order valence-electron chi connectivity index (χ1n) is 6.74. The van der Waals surface area contributed by atoms with E-state index in [2.05, 4.69) is 10.3 Å². The van der Waals surface area contributed by atoms with Gasteiger partial charge in [-0.15, -0.1) is 0 Å². The fraction of sp³-hybridized carbons (Fsp3) is 0.500. The molecular weight excluding hydrogens is 258 g/mol. The standard InChI is InChI=1S/C14H19N3O3/c1-20-7-4-16-13(18)11-8-12(10-15-9-11)14(19)17-5-2-3-6-17/h8-10H,2-7H2,1H3,(H,16,18). The number of likely N-dealkylation sites (tertiary alicyclic amines) is 1. The summed E-state index contributed by atoms with van der Waals surface area (Å²) < 4.78 is 4.87. The number of nitrogens with zero attached hydrogens (tertiary/aromatic N) is 2. The highest BCUT2D eigenvalue weighted by atomic mass is 16.5. The molecule has 2 rings (SSSR count). The number of nitrogens with one attached hydrogen (secondary N) is 1. The van der Waals surface area contributed by atoms with Gasteiger partial charge in [-0.05, 0) is 18.9 Å². The minimum atomic E-state index is -0.245. The van der Waals surface area contributed by atoms with E-state index >= 15 is 0 Å². The van der Waals surface area contributed by atoms with Gasteiger partial charge in [0.2, 0.25) is 0 Å². The lowest BCUT2D eigenvalue weighted by atomic mass is 10.2. The number of aromatic nitrogens is 1. The zero-order valence-corrected chi connectivity index (χ0v) is 11.6. The van der Waals surface area contributed by atoms with Gasteiger partial charge in [0.15, 0.2) is 0 Å². The quantitative estimate of drug-likeness (QED) is 0.804. The van der Waals surface area contributed by atoms with Crippen LogP contribution in [-0.2, 0) is 4.74 Å². The van der Waals surface area contributed by atoms with Crippen molar-refractivity contribution in [3.05, 3.63) is 29.6 Å². The second kappa shape index (κ2) is 7.00. The van der Waals surface area contributed by atoms with Crippen molar-refractivity contribution >= 4 is 11.8 Å². The summed E-state index contributed by atoms with van der Waals surface area (Å²) >= 11 is 0. The van der Waals surface area contributed by atoms with Crippen molar-refractivity contribution in [1.29, 1.82) is 0 Å². The SMILES string of the molecule is COCCNC(=O)c1cncc(C(=O)N2CCCC2)c1. The van der Waals surface area contributed by atoms with E-state index in [9.17, 15) is 9.59 Å². The van der Waals surface area contributed by atoms with Crippen LogP contribution in [0.5, 0.6) is 0 Å². The third-order valence-corrected chi connectivity index (χ3v) is 3.23. The van der Waals surface area contributed by atoms with Gasteiger partial charge in [0.1, 0.15) is 0 Å². The Kier molecular flexibility index (Phi) is 5.06. The van der Waals surface area contributed by atoms with Gasteiger partial charge < -0.3 is 15.0 Å². The van der Waals surface area contributed by atoms with E-state index in [-0.39, 0.29) is 11.8 Å². The summed E-state index contributed by atoms with van der Waals surface area (Å²) in [5.74, 6) is -0.299. The van der Waals surface area contributed by atoms with Crippen LogP contribution in [0.15, 0.2) is 18.5 Å². The molecule has 2 heterocycles. The van der Waals surface area contributed by atoms with Gasteiger partial charge in [-0.2, -0.15) is 0 Å². The average molecular weight is 277 g/mol. The third kappa shape index (κ3) is 3.54. The van der Waals surface area contributed by atoms with E-state index < -0.39 is 0 Å². The molecular formula is C14H19N3O3. The molecule has 20 heavy (non-hydrogen) atoms. The molecule has 1 fully saturated rings. The summed E-state index contributed by atoms with van der Waals surface area (Å²) in [5, 5.41) is 2.71. The molecule has 1 aliphatic heterocycles. The molecule has 1 N–H and O–H groups in total. The van der Waals surface area contributed by atoms with Crippen LogP contribution in [0.25, 0.3) is 0 Å². The summed E-state index contributed by atoms with van der Waals surface area (Å²) in [5.41, 5.74) is 0.859. The summed E-state index contributed by atoms with van der Waals surface area (Å²) in [7, 11) is 1.57. The third-order valence-electron chi connectivity index (χ3n) is 3.23. The minimum Gasteiger partial charge on any atom is -0.383 e. The molecule has 0 spiro atoms. The van der Waals surface area contributed by atoms with Crippen LogP contribution >= 0.6 is 0 Å². The summed E-state index contributed by atoms with van der Waals surface area (Å²) in [6, 6.07) is 1.59. The molecule has 0 aromatic carbocycles. The van der Waals surface area contributed by atoms with Crippen molar-refractivity contribution < 1.29 is 14.3 Å². The minimum absolute atomic E-state index is 0.0541. The van der Waals surface area contributed by atoms with Crippen LogP contribution in [0.4, 0.5) is 0 Å². The van der Waals surface area contributed by atoms with E-state index in [0.717, 1.165) is 25.9 Å². The maximum atomic E-state index is 12.2. The van der Waals surface area contributed by atoms with Crippen LogP contribution < -0.4 is 5.32 Å². The zero-order valence-electron chi connectivity index (χ0n) is 11.6. The maximum Gasteiger partial charge on any atom is 0.255 e. The number of hydrogen-bond donors (Lipinski definition) is 1. The first kappa shape index (κ1) is 14.5. The summed E-state index contributed by atoms with van der Waals surface area (Å²) in [6.07, 6.45) is 5.04. The van der Waals surface area contributed by atoms with Crippen LogP contribution in [-0.4, -0.2) is 55.0 Å². The number of methoxy groups -OCH3 is 1. The van der Waals surface area contributed by atoms with E-state index in [1.54, 1.807) is 18.1 Å². The van der Waals surface area contributed by atoms with Gasteiger partial charge in [0.05, 0.1) is 17.7 Å². The molecule has 1 saturated heterocycles. The Bertz CT molecular complexity index is 484. The van der Waals surface area contributed by atoms with Crippen molar-refractivity contribution in [3.63, 3.8) is 0 Å². The number of amides is 2. The highest BCUT2D eigenvalue weighted by Gasteiger charge is 2.20. The first-order chi connectivity index (χ1) is 9.72. The monoisotopic (exact) mass is 277 g/mol. The van der Waals surface area contributed by atoms with Crippen molar-refractivity contribution in [1.82, 2.24) is 15.2 Å². The van der Waals surface area contributed by atoms with Crippen LogP contribution in [0.2, 0.25) is 0 Å². The lowest BCUT2D eigenvalue weighted by molar-refractivity contribution is 0.0792. The van der Waals surface area contributed by atoms with E-state index in [4.69, 9.17) is 4.74 Å². The predicted molar refractivity (Wildman–Crippen MR) is 73.6 cm³/mol. The zero-order chi connectivity index (χ0) is 14.4. The molecule has 1 aliphatic rings. The van der Waals surface area contributed by atoms with Gasteiger partial charge in [-0.25, -0.2) is 0 Å². The normalized spacial score (nSPS) is 14.3. The largest absolute Gasteiger partial charge is 0.383 e. The van der Waals surface area contributed by atoms with Gasteiger partial charge in [-0.1, -0.05) is 0 Å². The Balaban J connectivity index is 2.03.